The third kappa shape index (κ3) is 3.80. The standard InChI is InChI=1S/C14H9BrClFN2O2/c15-9-6-4-8(5-7-9)13(20)18-19-14(21)12-10(16)2-1-3-11(12)17/h1-7H,(H,18,20)(H,19,21). The molecule has 2 rings (SSSR count). The molecule has 0 saturated heterocycles. The maximum Gasteiger partial charge on any atom is 0.274 e. The molecule has 0 heterocycles. The molecule has 0 fully saturated rings. The molecule has 0 aliphatic carbocycles. The number of hydrogen-bond acceptors (Lipinski definition) is 2. The number of amides is 2. The fourth-order valence-electron chi connectivity index (χ4n) is 1.56. The van der Waals surface area contributed by atoms with Crippen LogP contribution in [0.2, 0.25) is 5.02 Å². The van der Waals surface area contributed by atoms with E-state index in [9.17, 15) is 14.0 Å². The van der Waals surface area contributed by atoms with Crippen molar-refractivity contribution in [2.45, 2.75) is 0 Å². The van der Waals surface area contributed by atoms with Crippen LogP contribution in [0.15, 0.2) is 46.9 Å². The Morgan fingerprint density at radius 2 is 1.62 bits per heavy atom. The van der Waals surface area contributed by atoms with E-state index in [1.54, 1.807) is 24.3 Å². The smallest absolute Gasteiger partial charge is 0.267 e. The Kier molecular flexibility index (Phi) is 4.93. The van der Waals surface area contributed by atoms with Crippen LogP contribution in [0.25, 0.3) is 0 Å². The lowest BCUT2D eigenvalue weighted by atomic mass is 10.2. The predicted molar refractivity (Wildman–Crippen MR) is 80.5 cm³/mol. The molecule has 2 N–H and O–H groups in total. The van der Waals surface area contributed by atoms with E-state index in [-0.39, 0.29) is 10.6 Å². The molecule has 2 aromatic rings. The van der Waals surface area contributed by atoms with Crippen molar-refractivity contribution in [3.8, 4) is 0 Å². The molecule has 2 aromatic carbocycles. The zero-order chi connectivity index (χ0) is 15.4. The molecular formula is C14H9BrClFN2O2. The third-order valence-corrected chi connectivity index (χ3v) is 3.43. The van der Waals surface area contributed by atoms with Gasteiger partial charge in [0.2, 0.25) is 0 Å². The summed E-state index contributed by atoms with van der Waals surface area (Å²) in [4.78, 5) is 23.6. The molecule has 0 radical (unpaired) electrons. The summed E-state index contributed by atoms with van der Waals surface area (Å²) in [6.45, 7) is 0. The summed E-state index contributed by atoms with van der Waals surface area (Å²) in [7, 11) is 0. The number of carbonyl (C=O) groups excluding carboxylic acids is 2. The second-order valence-electron chi connectivity index (χ2n) is 4.01. The van der Waals surface area contributed by atoms with Gasteiger partial charge in [-0.05, 0) is 36.4 Å². The molecule has 0 atom stereocenters. The normalized spacial score (nSPS) is 10.0. The maximum atomic E-state index is 13.5. The van der Waals surface area contributed by atoms with Gasteiger partial charge in [0.1, 0.15) is 5.82 Å². The number of carbonyl (C=O) groups is 2. The Bertz CT molecular complexity index is 672. The molecule has 2 amide bonds. The quantitative estimate of drug-likeness (QED) is 0.796. The van der Waals surface area contributed by atoms with Gasteiger partial charge in [-0.15, -0.1) is 0 Å². The van der Waals surface area contributed by atoms with E-state index in [0.717, 1.165) is 10.5 Å². The van der Waals surface area contributed by atoms with Gasteiger partial charge in [-0.3, -0.25) is 20.4 Å². The zero-order valence-corrected chi connectivity index (χ0v) is 12.8. The monoisotopic (exact) mass is 370 g/mol. The highest BCUT2D eigenvalue weighted by Crippen LogP contribution is 2.18. The van der Waals surface area contributed by atoms with Crippen LogP contribution in [0.3, 0.4) is 0 Å². The van der Waals surface area contributed by atoms with Crippen molar-refractivity contribution in [1.82, 2.24) is 10.9 Å². The third-order valence-electron chi connectivity index (χ3n) is 2.59. The average molecular weight is 372 g/mol. The average Bonchev–Trinajstić information content (AvgIpc) is 2.45. The molecule has 0 aliphatic rings. The topological polar surface area (TPSA) is 58.2 Å². The van der Waals surface area contributed by atoms with Crippen LogP contribution in [0, 0.1) is 5.82 Å². The molecule has 4 nitrogen and oxygen atoms in total. The van der Waals surface area contributed by atoms with Crippen molar-refractivity contribution in [2.75, 3.05) is 0 Å². The first-order chi connectivity index (χ1) is 9.99. The van der Waals surface area contributed by atoms with Crippen molar-refractivity contribution >= 4 is 39.3 Å². The molecule has 7 heteroatoms. The second-order valence-corrected chi connectivity index (χ2v) is 5.33. The van der Waals surface area contributed by atoms with Crippen LogP contribution in [-0.4, -0.2) is 11.8 Å². The second kappa shape index (κ2) is 6.69. The van der Waals surface area contributed by atoms with Gasteiger partial charge in [0.05, 0.1) is 10.6 Å². The van der Waals surface area contributed by atoms with Crippen LogP contribution < -0.4 is 10.9 Å². The first kappa shape index (κ1) is 15.5. The lowest BCUT2D eigenvalue weighted by Gasteiger charge is -2.09. The van der Waals surface area contributed by atoms with Gasteiger partial charge in [-0.1, -0.05) is 33.6 Å². The van der Waals surface area contributed by atoms with E-state index in [2.05, 4.69) is 26.8 Å². The molecule has 0 saturated carbocycles. The molecule has 21 heavy (non-hydrogen) atoms. The fourth-order valence-corrected chi connectivity index (χ4v) is 2.08. The highest BCUT2D eigenvalue weighted by molar-refractivity contribution is 9.10. The number of benzene rings is 2. The number of rotatable bonds is 2. The summed E-state index contributed by atoms with van der Waals surface area (Å²) >= 11 is 9.00. The van der Waals surface area contributed by atoms with Crippen LogP contribution in [0.5, 0.6) is 0 Å². The Morgan fingerprint density at radius 3 is 2.24 bits per heavy atom. The van der Waals surface area contributed by atoms with E-state index in [1.165, 1.54) is 12.1 Å². The minimum atomic E-state index is -0.830. The Morgan fingerprint density at radius 1 is 1.00 bits per heavy atom. The summed E-state index contributed by atoms with van der Waals surface area (Å²) in [5.74, 6) is -2.12. The molecule has 0 aromatic heterocycles. The lowest BCUT2D eigenvalue weighted by Crippen LogP contribution is -2.42. The highest BCUT2D eigenvalue weighted by atomic mass is 79.9. The van der Waals surface area contributed by atoms with E-state index in [0.29, 0.717) is 5.56 Å². The molecule has 0 spiro atoms. The Balaban J connectivity index is 2.04. The molecule has 0 unspecified atom stereocenters. The fraction of sp³-hybridized carbons (Fsp3) is 0. The lowest BCUT2D eigenvalue weighted by molar-refractivity contribution is 0.0844. The van der Waals surface area contributed by atoms with Gasteiger partial charge >= 0.3 is 0 Å². The van der Waals surface area contributed by atoms with Gasteiger partial charge in [-0.25, -0.2) is 4.39 Å². The highest BCUT2D eigenvalue weighted by Gasteiger charge is 2.16. The number of hydrogen-bond donors (Lipinski definition) is 2. The summed E-state index contributed by atoms with van der Waals surface area (Å²) in [5, 5.41) is -0.0367. The van der Waals surface area contributed by atoms with Gasteiger partial charge in [0.25, 0.3) is 11.8 Å². The summed E-state index contributed by atoms with van der Waals surface area (Å²) in [6, 6.07) is 10.4. The minimum absolute atomic E-state index is 0.0367. The first-order valence-electron chi connectivity index (χ1n) is 5.79. The predicted octanol–water partition coefficient (Wildman–Crippen LogP) is 3.32. The van der Waals surface area contributed by atoms with Crippen LogP contribution in [-0.2, 0) is 0 Å². The summed E-state index contributed by atoms with van der Waals surface area (Å²) in [6.07, 6.45) is 0. The zero-order valence-electron chi connectivity index (χ0n) is 10.5. The van der Waals surface area contributed by atoms with E-state index < -0.39 is 17.6 Å². The molecule has 108 valence electrons. The summed E-state index contributed by atoms with van der Waals surface area (Å²) in [5.41, 5.74) is 4.33. The Hall–Kier alpha value is -1.92. The van der Waals surface area contributed by atoms with Crippen LogP contribution in [0.1, 0.15) is 20.7 Å². The van der Waals surface area contributed by atoms with Gasteiger partial charge in [0, 0.05) is 10.0 Å². The summed E-state index contributed by atoms with van der Waals surface area (Å²) < 4.78 is 14.4. The number of hydrazine groups is 1. The first-order valence-corrected chi connectivity index (χ1v) is 6.96. The molecule has 0 bridgehead atoms. The molecular weight excluding hydrogens is 363 g/mol. The van der Waals surface area contributed by atoms with Gasteiger partial charge in [0.15, 0.2) is 0 Å². The SMILES string of the molecule is O=C(NNC(=O)c1c(F)cccc1Cl)c1ccc(Br)cc1. The number of nitrogens with one attached hydrogen (secondary N) is 2. The van der Waals surface area contributed by atoms with E-state index >= 15 is 0 Å². The van der Waals surface area contributed by atoms with E-state index in [1.807, 2.05) is 0 Å². The van der Waals surface area contributed by atoms with Crippen molar-refractivity contribution in [3.63, 3.8) is 0 Å². The van der Waals surface area contributed by atoms with Crippen molar-refractivity contribution < 1.29 is 14.0 Å². The van der Waals surface area contributed by atoms with Crippen molar-refractivity contribution in [2.24, 2.45) is 0 Å². The Labute approximate surface area is 133 Å². The minimum Gasteiger partial charge on any atom is -0.267 e. The van der Waals surface area contributed by atoms with Crippen LogP contribution in [0.4, 0.5) is 4.39 Å². The van der Waals surface area contributed by atoms with Crippen molar-refractivity contribution in [3.05, 3.63) is 68.9 Å². The van der Waals surface area contributed by atoms with Gasteiger partial charge in [-0.2, -0.15) is 0 Å². The van der Waals surface area contributed by atoms with Crippen LogP contribution >= 0.6 is 27.5 Å². The van der Waals surface area contributed by atoms with E-state index in [4.69, 9.17) is 11.6 Å². The largest absolute Gasteiger partial charge is 0.274 e. The molecule has 0 aliphatic heterocycles. The maximum absolute atomic E-state index is 13.5. The number of halogens is 3. The van der Waals surface area contributed by atoms with Crippen molar-refractivity contribution in [1.29, 1.82) is 0 Å². The van der Waals surface area contributed by atoms with Gasteiger partial charge < -0.3 is 0 Å².